The predicted molar refractivity (Wildman–Crippen MR) is 62.1 cm³/mol. The Morgan fingerprint density at radius 2 is 1.73 bits per heavy atom. The van der Waals surface area contributed by atoms with E-state index in [1.165, 1.54) is 0 Å². The van der Waals surface area contributed by atoms with Gasteiger partial charge in [0.25, 0.3) is 0 Å². The van der Waals surface area contributed by atoms with E-state index in [-0.39, 0.29) is 30.2 Å². The van der Waals surface area contributed by atoms with E-state index >= 15 is 0 Å². The number of sulfonamides is 1. The van der Waals surface area contributed by atoms with Crippen LogP contribution in [0.15, 0.2) is 0 Å². The summed E-state index contributed by atoms with van der Waals surface area (Å²) in [4.78, 5) is 0. The van der Waals surface area contributed by atoms with E-state index in [1.54, 1.807) is 0 Å². The Labute approximate surface area is 93.1 Å². The summed E-state index contributed by atoms with van der Waals surface area (Å²) in [7, 11) is -3.21. The van der Waals surface area contributed by atoms with Crippen molar-refractivity contribution in [1.82, 2.24) is 4.72 Å². The maximum absolute atomic E-state index is 11.6. The number of rotatable bonds is 7. The van der Waals surface area contributed by atoms with E-state index in [1.807, 2.05) is 27.7 Å². The Morgan fingerprint density at radius 3 is 2.07 bits per heavy atom. The molecule has 0 spiro atoms. The van der Waals surface area contributed by atoms with Gasteiger partial charge in [0.05, 0.1) is 5.75 Å². The van der Waals surface area contributed by atoms with Gasteiger partial charge in [0.15, 0.2) is 0 Å². The zero-order valence-electron chi connectivity index (χ0n) is 10.0. The van der Waals surface area contributed by atoms with Crippen LogP contribution in [0.3, 0.4) is 0 Å². The molecule has 0 fully saturated rings. The Morgan fingerprint density at radius 1 is 1.20 bits per heavy atom. The van der Waals surface area contributed by atoms with Gasteiger partial charge >= 0.3 is 0 Å². The largest absolute Gasteiger partial charge is 0.396 e. The van der Waals surface area contributed by atoms with Gasteiger partial charge in [-0.15, -0.1) is 0 Å². The van der Waals surface area contributed by atoms with Crippen molar-refractivity contribution in [2.24, 2.45) is 11.8 Å². The Balaban J connectivity index is 4.39. The third kappa shape index (κ3) is 6.87. The summed E-state index contributed by atoms with van der Waals surface area (Å²) < 4.78 is 25.9. The van der Waals surface area contributed by atoms with Crippen LogP contribution in [0.2, 0.25) is 0 Å². The molecule has 0 aliphatic heterocycles. The Hall–Kier alpha value is -0.130. The van der Waals surface area contributed by atoms with Crippen LogP contribution in [0.4, 0.5) is 0 Å². The number of aliphatic hydroxyl groups excluding tert-OH is 1. The second-order valence-electron chi connectivity index (χ2n) is 4.66. The third-order valence-electron chi connectivity index (χ3n) is 2.13. The molecular formula is C10H23NO3S. The maximum atomic E-state index is 11.6. The van der Waals surface area contributed by atoms with Crippen molar-refractivity contribution in [2.75, 3.05) is 12.4 Å². The second kappa shape index (κ2) is 6.45. The van der Waals surface area contributed by atoms with Crippen molar-refractivity contribution < 1.29 is 13.5 Å². The van der Waals surface area contributed by atoms with Crippen molar-refractivity contribution >= 4 is 10.0 Å². The van der Waals surface area contributed by atoms with Crippen LogP contribution in [0.5, 0.6) is 0 Å². The minimum absolute atomic E-state index is 0.00699. The average molecular weight is 237 g/mol. The predicted octanol–water partition coefficient (Wildman–Crippen LogP) is 0.969. The Kier molecular flexibility index (Phi) is 6.40. The summed E-state index contributed by atoms with van der Waals surface area (Å²) in [5.41, 5.74) is 0. The van der Waals surface area contributed by atoms with E-state index in [0.717, 1.165) is 0 Å². The highest BCUT2D eigenvalue weighted by Crippen LogP contribution is 2.08. The molecule has 0 bridgehead atoms. The first-order valence-corrected chi connectivity index (χ1v) is 7.04. The van der Waals surface area contributed by atoms with Crippen molar-refractivity contribution in [3.8, 4) is 0 Å². The fraction of sp³-hybridized carbons (Fsp3) is 1.00. The molecule has 0 aromatic rings. The maximum Gasteiger partial charge on any atom is 0.212 e. The van der Waals surface area contributed by atoms with E-state index in [2.05, 4.69) is 4.72 Å². The lowest BCUT2D eigenvalue weighted by Gasteiger charge is -2.21. The van der Waals surface area contributed by atoms with Crippen LogP contribution in [0.1, 0.15) is 34.1 Å². The third-order valence-corrected chi connectivity index (χ3v) is 3.90. The smallest absolute Gasteiger partial charge is 0.212 e. The lowest BCUT2D eigenvalue weighted by Crippen LogP contribution is -2.41. The van der Waals surface area contributed by atoms with Crippen LogP contribution >= 0.6 is 0 Å². The first-order valence-electron chi connectivity index (χ1n) is 5.39. The van der Waals surface area contributed by atoms with Crippen LogP contribution in [-0.2, 0) is 10.0 Å². The molecule has 0 amide bonds. The monoisotopic (exact) mass is 237 g/mol. The summed E-state index contributed by atoms with van der Waals surface area (Å²) in [5, 5.41) is 8.83. The Bertz CT molecular complexity index is 260. The zero-order valence-corrected chi connectivity index (χ0v) is 10.8. The SMILES string of the molecule is CC(C)CS(=O)(=O)NC(CCO)C(C)C. The molecule has 0 radical (unpaired) electrons. The highest BCUT2D eigenvalue weighted by Gasteiger charge is 2.20. The fourth-order valence-corrected chi connectivity index (χ4v) is 3.21. The molecule has 15 heavy (non-hydrogen) atoms. The molecule has 0 heterocycles. The molecule has 5 heteroatoms. The standard InChI is InChI=1S/C10H23NO3S/c1-8(2)7-15(13,14)11-10(5-6-12)9(3)4/h8-12H,5-7H2,1-4H3. The van der Waals surface area contributed by atoms with Gasteiger partial charge in [-0.05, 0) is 18.3 Å². The first-order chi connectivity index (χ1) is 6.78. The molecule has 0 saturated carbocycles. The van der Waals surface area contributed by atoms with Gasteiger partial charge in [0.1, 0.15) is 0 Å². The quantitative estimate of drug-likeness (QED) is 0.693. The second-order valence-corrected chi connectivity index (χ2v) is 6.45. The molecule has 1 atom stereocenters. The van der Waals surface area contributed by atoms with E-state index in [9.17, 15) is 8.42 Å². The zero-order chi connectivity index (χ0) is 12.1. The van der Waals surface area contributed by atoms with Crippen LogP contribution in [0, 0.1) is 11.8 Å². The molecular weight excluding hydrogens is 214 g/mol. The molecule has 2 N–H and O–H groups in total. The molecule has 0 aromatic carbocycles. The van der Waals surface area contributed by atoms with Crippen LogP contribution in [-0.4, -0.2) is 31.9 Å². The highest BCUT2D eigenvalue weighted by atomic mass is 32.2. The van der Waals surface area contributed by atoms with Gasteiger partial charge < -0.3 is 5.11 Å². The lowest BCUT2D eigenvalue weighted by atomic mass is 10.0. The van der Waals surface area contributed by atoms with Crippen molar-refractivity contribution in [3.05, 3.63) is 0 Å². The van der Waals surface area contributed by atoms with Crippen LogP contribution in [0.25, 0.3) is 0 Å². The summed E-state index contributed by atoms with van der Waals surface area (Å²) in [6.45, 7) is 7.63. The van der Waals surface area contributed by atoms with E-state index < -0.39 is 10.0 Å². The molecule has 0 saturated heterocycles. The minimum Gasteiger partial charge on any atom is -0.396 e. The van der Waals surface area contributed by atoms with Gasteiger partial charge in [0, 0.05) is 12.6 Å². The number of hydrogen-bond donors (Lipinski definition) is 2. The molecule has 1 unspecified atom stereocenters. The summed E-state index contributed by atoms with van der Waals surface area (Å²) in [6.07, 6.45) is 0.467. The van der Waals surface area contributed by atoms with Crippen molar-refractivity contribution in [2.45, 2.75) is 40.2 Å². The molecule has 0 aliphatic carbocycles. The number of hydrogen-bond acceptors (Lipinski definition) is 3. The van der Waals surface area contributed by atoms with Gasteiger partial charge in [-0.25, -0.2) is 13.1 Å². The average Bonchev–Trinajstić information content (AvgIpc) is 2.00. The highest BCUT2D eigenvalue weighted by molar-refractivity contribution is 7.89. The summed E-state index contributed by atoms with van der Waals surface area (Å²) >= 11 is 0. The van der Waals surface area contributed by atoms with Crippen LogP contribution < -0.4 is 4.72 Å². The van der Waals surface area contributed by atoms with Gasteiger partial charge in [-0.1, -0.05) is 27.7 Å². The molecule has 0 aliphatic rings. The molecule has 4 nitrogen and oxygen atoms in total. The molecule has 0 rings (SSSR count). The summed E-state index contributed by atoms with van der Waals surface area (Å²) in [6, 6.07) is -0.168. The summed E-state index contributed by atoms with van der Waals surface area (Å²) in [5.74, 6) is 0.449. The minimum atomic E-state index is -3.21. The van der Waals surface area contributed by atoms with E-state index in [4.69, 9.17) is 5.11 Å². The molecule has 0 aromatic heterocycles. The van der Waals surface area contributed by atoms with Gasteiger partial charge in [-0.2, -0.15) is 0 Å². The fourth-order valence-electron chi connectivity index (χ4n) is 1.39. The molecule has 92 valence electrons. The van der Waals surface area contributed by atoms with Gasteiger partial charge in [0.2, 0.25) is 10.0 Å². The van der Waals surface area contributed by atoms with Gasteiger partial charge in [-0.3, -0.25) is 0 Å². The topological polar surface area (TPSA) is 66.4 Å². The number of nitrogens with one attached hydrogen (secondary N) is 1. The first kappa shape index (κ1) is 14.9. The van der Waals surface area contributed by atoms with Crippen molar-refractivity contribution in [3.63, 3.8) is 0 Å². The normalized spacial score (nSPS) is 14.9. The lowest BCUT2D eigenvalue weighted by molar-refractivity contribution is 0.255. The number of aliphatic hydroxyl groups is 1. The van der Waals surface area contributed by atoms with Crippen molar-refractivity contribution in [1.29, 1.82) is 0 Å². The van der Waals surface area contributed by atoms with E-state index in [0.29, 0.717) is 6.42 Å².